The van der Waals surface area contributed by atoms with E-state index >= 15 is 0 Å². The summed E-state index contributed by atoms with van der Waals surface area (Å²) >= 11 is 1.70. The molecule has 0 aliphatic carbocycles. The molecule has 5 heteroatoms. The van der Waals surface area contributed by atoms with Crippen molar-refractivity contribution in [1.82, 2.24) is 0 Å². The second-order valence-electron chi connectivity index (χ2n) is 5.79. The summed E-state index contributed by atoms with van der Waals surface area (Å²) < 4.78 is 23.9. The Labute approximate surface area is 138 Å². The first-order valence-corrected chi connectivity index (χ1v) is 8.68. The maximum atomic E-state index is 6.31. The molecule has 0 unspecified atom stereocenters. The van der Waals surface area contributed by atoms with E-state index in [1.54, 1.807) is 11.8 Å². The van der Waals surface area contributed by atoms with Crippen molar-refractivity contribution in [2.75, 3.05) is 20.0 Å². The molecular weight excluding hydrogens is 312 g/mol. The van der Waals surface area contributed by atoms with Gasteiger partial charge in [-0.2, -0.15) is 0 Å². The molecule has 3 aliphatic heterocycles. The van der Waals surface area contributed by atoms with Crippen LogP contribution >= 0.6 is 11.8 Å². The van der Waals surface area contributed by atoms with E-state index in [0.717, 1.165) is 45.3 Å². The largest absolute Gasteiger partial charge is 0.454 e. The topological polar surface area (TPSA) is 36.9 Å². The van der Waals surface area contributed by atoms with Crippen LogP contribution in [0, 0.1) is 0 Å². The van der Waals surface area contributed by atoms with E-state index < -0.39 is 5.79 Å². The fraction of sp³-hybridized carbons (Fsp3) is 0.333. The molecule has 3 aliphatic rings. The second-order valence-corrected chi connectivity index (χ2v) is 6.85. The van der Waals surface area contributed by atoms with E-state index in [-0.39, 0.29) is 6.79 Å². The van der Waals surface area contributed by atoms with Crippen LogP contribution in [-0.2, 0) is 15.3 Å². The minimum absolute atomic E-state index is 0.267. The van der Waals surface area contributed by atoms with E-state index in [1.807, 2.05) is 18.2 Å². The van der Waals surface area contributed by atoms with Crippen LogP contribution in [-0.4, -0.2) is 20.0 Å². The summed E-state index contributed by atoms with van der Waals surface area (Å²) in [5.41, 5.74) is 2.10. The molecule has 2 aromatic rings. The summed E-state index contributed by atoms with van der Waals surface area (Å²) in [5.74, 6) is 0.756. The van der Waals surface area contributed by atoms with Crippen molar-refractivity contribution in [2.45, 2.75) is 28.4 Å². The Morgan fingerprint density at radius 1 is 0.870 bits per heavy atom. The van der Waals surface area contributed by atoms with E-state index in [1.165, 1.54) is 0 Å². The quantitative estimate of drug-likeness (QED) is 0.733. The average molecular weight is 328 g/mol. The van der Waals surface area contributed by atoms with Gasteiger partial charge < -0.3 is 18.9 Å². The Balaban J connectivity index is 1.77. The zero-order valence-corrected chi connectivity index (χ0v) is 13.4. The van der Waals surface area contributed by atoms with Gasteiger partial charge in [-0.05, 0) is 31.0 Å². The molecule has 0 bridgehead atoms. The number of benzene rings is 2. The Hall–Kier alpha value is -1.69. The SMILES string of the molecule is c1ccc2c(c1)Sc1c(ccc3c1OCO3)C21OCCCCO1. The summed E-state index contributed by atoms with van der Waals surface area (Å²) in [6, 6.07) is 12.3. The molecule has 4 nitrogen and oxygen atoms in total. The molecule has 0 radical (unpaired) electrons. The molecule has 0 N–H and O–H groups in total. The molecule has 3 heterocycles. The first kappa shape index (κ1) is 13.7. The van der Waals surface area contributed by atoms with E-state index in [0.29, 0.717) is 13.2 Å². The number of ether oxygens (including phenoxy) is 4. The molecular formula is C18H16O4S. The Morgan fingerprint density at radius 3 is 2.57 bits per heavy atom. The van der Waals surface area contributed by atoms with Gasteiger partial charge in [-0.25, -0.2) is 0 Å². The highest BCUT2D eigenvalue weighted by atomic mass is 32.2. The van der Waals surface area contributed by atoms with Crippen molar-refractivity contribution in [1.29, 1.82) is 0 Å². The van der Waals surface area contributed by atoms with Gasteiger partial charge >= 0.3 is 0 Å². The van der Waals surface area contributed by atoms with Gasteiger partial charge in [0.15, 0.2) is 11.5 Å². The normalized spacial score (nSPS) is 20.7. The van der Waals surface area contributed by atoms with E-state index in [4.69, 9.17) is 18.9 Å². The molecule has 0 amide bonds. The monoisotopic (exact) mass is 328 g/mol. The lowest BCUT2D eigenvalue weighted by molar-refractivity contribution is -0.208. The molecule has 2 aromatic carbocycles. The van der Waals surface area contributed by atoms with Crippen LogP contribution in [0.25, 0.3) is 0 Å². The lowest BCUT2D eigenvalue weighted by atomic mass is 9.95. The Bertz CT molecular complexity index is 766. The van der Waals surface area contributed by atoms with Gasteiger partial charge in [0, 0.05) is 16.0 Å². The number of hydrogen-bond acceptors (Lipinski definition) is 5. The summed E-state index contributed by atoms with van der Waals surface area (Å²) in [5, 5.41) is 0. The van der Waals surface area contributed by atoms with Gasteiger partial charge in [-0.3, -0.25) is 0 Å². The molecule has 118 valence electrons. The van der Waals surface area contributed by atoms with Crippen LogP contribution in [0.1, 0.15) is 24.0 Å². The smallest absolute Gasteiger partial charge is 0.231 e. The van der Waals surface area contributed by atoms with Gasteiger partial charge in [0.1, 0.15) is 0 Å². The number of hydrogen-bond donors (Lipinski definition) is 0. The fourth-order valence-corrected chi connectivity index (χ4v) is 4.62. The van der Waals surface area contributed by atoms with E-state index in [9.17, 15) is 0 Å². The van der Waals surface area contributed by atoms with Crippen LogP contribution in [0.3, 0.4) is 0 Å². The highest BCUT2D eigenvalue weighted by molar-refractivity contribution is 7.99. The fourth-order valence-electron chi connectivity index (χ4n) is 3.38. The van der Waals surface area contributed by atoms with Crippen molar-refractivity contribution < 1.29 is 18.9 Å². The predicted octanol–water partition coefficient (Wildman–Crippen LogP) is 3.91. The van der Waals surface area contributed by atoms with Crippen LogP contribution in [0.15, 0.2) is 46.2 Å². The highest BCUT2D eigenvalue weighted by Crippen LogP contribution is 2.56. The third-order valence-corrected chi connectivity index (χ3v) is 5.64. The van der Waals surface area contributed by atoms with Crippen LogP contribution in [0.2, 0.25) is 0 Å². The molecule has 5 rings (SSSR count). The van der Waals surface area contributed by atoms with Crippen molar-refractivity contribution in [2.24, 2.45) is 0 Å². The summed E-state index contributed by atoms with van der Waals surface area (Å²) in [6.45, 7) is 1.64. The average Bonchev–Trinajstić information content (AvgIpc) is 2.95. The molecule has 1 saturated heterocycles. The molecule has 0 saturated carbocycles. The maximum Gasteiger partial charge on any atom is 0.231 e. The maximum absolute atomic E-state index is 6.31. The summed E-state index contributed by atoms with van der Waals surface area (Å²) in [7, 11) is 0. The minimum Gasteiger partial charge on any atom is -0.454 e. The Kier molecular flexibility index (Phi) is 3.08. The third-order valence-electron chi connectivity index (χ3n) is 4.45. The highest BCUT2D eigenvalue weighted by Gasteiger charge is 2.46. The van der Waals surface area contributed by atoms with Crippen LogP contribution in [0.4, 0.5) is 0 Å². The van der Waals surface area contributed by atoms with Crippen molar-refractivity contribution >= 4 is 11.8 Å². The van der Waals surface area contributed by atoms with Gasteiger partial charge in [0.25, 0.3) is 0 Å². The molecule has 1 fully saturated rings. The lowest BCUT2D eigenvalue weighted by Crippen LogP contribution is -2.36. The lowest BCUT2D eigenvalue weighted by Gasteiger charge is -2.38. The van der Waals surface area contributed by atoms with Crippen LogP contribution in [0.5, 0.6) is 11.5 Å². The second kappa shape index (κ2) is 5.16. The molecule has 0 atom stereocenters. The van der Waals surface area contributed by atoms with Gasteiger partial charge in [-0.1, -0.05) is 30.0 Å². The molecule has 23 heavy (non-hydrogen) atoms. The zero-order chi connectivity index (χ0) is 15.3. The Morgan fingerprint density at radius 2 is 1.70 bits per heavy atom. The van der Waals surface area contributed by atoms with Crippen molar-refractivity contribution in [3.8, 4) is 11.5 Å². The summed E-state index contributed by atoms with van der Waals surface area (Å²) in [6.07, 6.45) is 2.02. The standard InChI is InChI=1S/C18H16O4S/c1-2-6-15-12(5-1)18(21-9-3-4-10-22-18)13-7-8-14-16(17(13)23-15)20-11-19-14/h1-2,5-8H,3-4,9-11H2. The van der Waals surface area contributed by atoms with Crippen molar-refractivity contribution in [3.05, 3.63) is 47.5 Å². The first-order chi connectivity index (χ1) is 11.4. The van der Waals surface area contributed by atoms with Gasteiger partial charge in [0.2, 0.25) is 12.6 Å². The minimum atomic E-state index is -0.839. The third kappa shape index (κ3) is 1.94. The predicted molar refractivity (Wildman–Crippen MR) is 85.0 cm³/mol. The first-order valence-electron chi connectivity index (χ1n) is 7.87. The summed E-state index contributed by atoms with van der Waals surface area (Å²) in [4.78, 5) is 2.19. The molecule has 1 spiro atoms. The van der Waals surface area contributed by atoms with Crippen molar-refractivity contribution in [3.63, 3.8) is 0 Å². The van der Waals surface area contributed by atoms with Gasteiger partial charge in [0.05, 0.1) is 18.1 Å². The van der Waals surface area contributed by atoms with E-state index in [2.05, 4.69) is 18.2 Å². The number of rotatable bonds is 0. The number of fused-ring (bicyclic) bond motifs is 6. The van der Waals surface area contributed by atoms with Gasteiger partial charge in [-0.15, -0.1) is 0 Å². The zero-order valence-electron chi connectivity index (χ0n) is 12.5. The molecule has 0 aromatic heterocycles. The van der Waals surface area contributed by atoms with Crippen LogP contribution < -0.4 is 9.47 Å².